The highest BCUT2D eigenvalue weighted by Gasteiger charge is 2.26. The number of hydrogen-bond acceptors (Lipinski definition) is 4. The van der Waals surface area contributed by atoms with Crippen LogP contribution >= 0.6 is 0 Å². The highest BCUT2D eigenvalue weighted by Crippen LogP contribution is 2.24. The van der Waals surface area contributed by atoms with Crippen LogP contribution in [0.25, 0.3) is 0 Å². The van der Waals surface area contributed by atoms with Gasteiger partial charge in [0, 0.05) is 25.3 Å². The molecule has 0 saturated carbocycles. The Morgan fingerprint density at radius 3 is 2.63 bits per heavy atom. The number of anilines is 1. The van der Waals surface area contributed by atoms with Crippen LogP contribution in [0.4, 0.5) is 10.1 Å². The molecule has 1 fully saturated rings. The third kappa shape index (κ3) is 4.45. The highest BCUT2D eigenvalue weighted by molar-refractivity contribution is 7.89. The molecule has 6 nitrogen and oxygen atoms in total. The fraction of sp³-hybridized carbons (Fsp3) is 0.316. The Labute approximate surface area is 157 Å². The number of halogens is 1. The molecule has 0 amide bonds. The van der Waals surface area contributed by atoms with Crippen molar-refractivity contribution in [1.82, 2.24) is 4.72 Å². The molecule has 0 spiro atoms. The number of aryl methyl sites for hydroxylation is 1. The van der Waals surface area contributed by atoms with E-state index in [0.717, 1.165) is 18.7 Å². The van der Waals surface area contributed by atoms with E-state index in [0.29, 0.717) is 12.1 Å². The predicted octanol–water partition coefficient (Wildman–Crippen LogP) is 2.64. The molecule has 0 bridgehead atoms. The molecule has 0 aliphatic carbocycles. The maximum absolute atomic E-state index is 13.0. The first-order valence-electron chi connectivity index (χ1n) is 8.60. The Morgan fingerprint density at radius 2 is 1.96 bits per heavy atom. The zero-order chi connectivity index (χ0) is 19.6. The first-order valence-corrected chi connectivity index (χ1v) is 10.1. The summed E-state index contributed by atoms with van der Waals surface area (Å²) in [6, 6.07) is 10.3. The number of nitrogens with one attached hydrogen (secondary N) is 1. The number of rotatable bonds is 6. The maximum Gasteiger partial charge on any atom is 0.335 e. The van der Waals surface area contributed by atoms with Crippen LogP contribution in [0.2, 0.25) is 0 Å². The lowest BCUT2D eigenvalue weighted by Crippen LogP contribution is -2.31. The summed E-state index contributed by atoms with van der Waals surface area (Å²) < 4.78 is 40.9. The summed E-state index contributed by atoms with van der Waals surface area (Å²) in [7, 11) is -3.80. The van der Waals surface area contributed by atoms with Crippen LogP contribution in [0.15, 0.2) is 47.4 Å². The Bertz CT molecular complexity index is 945. The van der Waals surface area contributed by atoms with Gasteiger partial charge in [0.15, 0.2) is 0 Å². The van der Waals surface area contributed by atoms with E-state index >= 15 is 0 Å². The van der Waals surface area contributed by atoms with Gasteiger partial charge in [-0.2, -0.15) is 0 Å². The van der Waals surface area contributed by atoms with Gasteiger partial charge in [-0.3, -0.25) is 0 Å². The molecule has 1 atom stereocenters. The molecule has 1 heterocycles. The molecular formula is C19H21FN2O4S. The summed E-state index contributed by atoms with van der Waals surface area (Å²) >= 11 is 0. The molecule has 1 saturated heterocycles. The van der Waals surface area contributed by atoms with Crippen LogP contribution in [-0.4, -0.2) is 39.1 Å². The normalized spacial score (nSPS) is 17.3. The van der Waals surface area contributed by atoms with Crippen molar-refractivity contribution in [2.45, 2.75) is 18.2 Å². The number of sulfonamides is 1. The second kappa shape index (κ2) is 7.66. The summed E-state index contributed by atoms with van der Waals surface area (Å²) in [4.78, 5) is 13.2. The molecule has 0 radical (unpaired) electrons. The average molecular weight is 392 g/mol. The molecule has 3 rings (SSSR count). The van der Waals surface area contributed by atoms with Crippen molar-refractivity contribution in [2.75, 3.05) is 24.5 Å². The van der Waals surface area contributed by atoms with Gasteiger partial charge in [-0.05, 0) is 61.2 Å². The number of carboxylic acid groups (broad SMARTS) is 1. The highest BCUT2D eigenvalue weighted by atomic mass is 32.2. The summed E-state index contributed by atoms with van der Waals surface area (Å²) in [6.07, 6.45) is 0.814. The molecule has 1 aliphatic heterocycles. The van der Waals surface area contributed by atoms with Gasteiger partial charge in [0.2, 0.25) is 10.0 Å². The van der Waals surface area contributed by atoms with Gasteiger partial charge in [-0.15, -0.1) is 0 Å². The van der Waals surface area contributed by atoms with Crippen LogP contribution in [0.1, 0.15) is 22.3 Å². The maximum atomic E-state index is 13.0. The van der Waals surface area contributed by atoms with Gasteiger partial charge in [0.05, 0.1) is 10.5 Å². The summed E-state index contributed by atoms with van der Waals surface area (Å²) in [5.41, 5.74) is 1.34. The third-order valence-electron chi connectivity index (χ3n) is 4.76. The minimum atomic E-state index is -3.80. The van der Waals surface area contributed by atoms with Crippen molar-refractivity contribution < 1.29 is 22.7 Å². The van der Waals surface area contributed by atoms with Crippen molar-refractivity contribution in [3.05, 3.63) is 59.4 Å². The van der Waals surface area contributed by atoms with Crippen molar-refractivity contribution in [1.29, 1.82) is 0 Å². The minimum absolute atomic E-state index is 0.0178. The van der Waals surface area contributed by atoms with Gasteiger partial charge < -0.3 is 10.0 Å². The van der Waals surface area contributed by atoms with Crippen molar-refractivity contribution >= 4 is 21.7 Å². The van der Waals surface area contributed by atoms with Crippen molar-refractivity contribution in [2.24, 2.45) is 5.92 Å². The Morgan fingerprint density at radius 1 is 1.26 bits per heavy atom. The molecule has 0 aromatic heterocycles. The molecular weight excluding hydrogens is 371 g/mol. The zero-order valence-corrected chi connectivity index (χ0v) is 15.7. The lowest BCUT2D eigenvalue weighted by Gasteiger charge is -2.19. The third-order valence-corrected chi connectivity index (χ3v) is 6.33. The first-order chi connectivity index (χ1) is 12.8. The number of benzene rings is 2. The molecule has 2 N–H and O–H groups in total. The van der Waals surface area contributed by atoms with E-state index in [-0.39, 0.29) is 28.7 Å². The molecule has 2 aromatic rings. The monoisotopic (exact) mass is 392 g/mol. The van der Waals surface area contributed by atoms with Gasteiger partial charge in [-0.25, -0.2) is 22.3 Å². The molecule has 1 aliphatic rings. The van der Waals surface area contributed by atoms with E-state index < -0.39 is 16.0 Å². The Kier molecular flexibility index (Phi) is 5.48. The van der Waals surface area contributed by atoms with Crippen LogP contribution in [0, 0.1) is 18.7 Å². The number of carbonyl (C=O) groups is 1. The number of carboxylic acids is 1. The molecule has 2 aromatic carbocycles. The number of nitrogens with zero attached hydrogens (tertiary/aromatic N) is 1. The van der Waals surface area contributed by atoms with Crippen LogP contribution in [0.5, 0.6) is 0 Å². The van der Waals surface area contributed by atoms with Crippen LogP contribution in [-0.2, 0) is 10.0 Å². The largest absolute Gasteiger partial charge is 0.478 e. The van der Waals surface area contributed by atoms with Gasteiger partial charge in [-0.1, -0.05) is 6.07 Å². The zero-order valence-electron chi connectivity index (χ0n) is 14.9. The second-order valence-corrected chi connectivity index (χ2v) is 8.45. The number of hydrogen-bond donors (Lipinski definition) is 2. The Balaban J connectivity index is 1.65. The quantitative estimate of drug-likeness (QED) is 0.789. The second-order valence-electron chi connectivity index (χ2n) is 6.71. The van der Waals surface area contributed by atoms with E-state index in [4.69, 9.17) is 5.11 Å². The van der Waals surface area contributed by atoms with Gasteiger partial charge >= 0.3 is 5.97 Å². The summed E-state index contributed by atoms with van der Waals surface area (Å²) in [6.45, 7) is 3.33. The lowest BCUT2D eigenvalue weighted by atomic mass is 10.1. The topological polar surface area (TPSA) is 86.7 Å². The molecule has 1 unspecified atom stereocenters. The summed E-state index contributed by atoms with van der Waals surface area (Å²) in [5, 5.41) is 9.08. The van der Waals surface area contributed by atoms with E-state index in [1.807, 2.05) is 0 Å². The average Bonchev–Trinajstić information content (AvgIpc) is 3.10. The van der Waals surface area contributed by atoms with Gasteiger partial charge in [0.1, 0.15) is 5.82 Å². The molecule has 8 heteroatoms. The van der Waals surface area contributed by atoms with E-state index in [1.54, 1.807) is 19.1 Å². The fourth-order valence-electron chi connectivity index (χ4n) is 3.21. The summed E-state index contributed by atoms with van der Waals surface area (Å²) in [5.74, 6) is -1.34. The van der Waals surface area contributed by atoms with Gasteiger partial charge in [0.25, 0.3) is 0 Å². The van der Waals surface area contributed by atoms with E-state index in [2.05, 4.69) is 9.62 Å². The standard InChI is InChI=1S/C19H21FN2O4S/c1-13-2-3-15(19(23)24)10-18(13)27(25,26)21-11-14-8-9-22(12-14)17-6-4-16(20)5-7-17/h2-7,10,14,21H,8-9,11-12H2,1H3,(H,23,24). The smallest absolute Gasteiger partial charge is 0.335 e. The molecule has 144 valence electrons. The van der Waals surface area contributed by atoms with E-state index in [1.165, 1.54) is 30.3 Å². The number of aromatic carboxylic acids is 1. The van der Waals surface area contributed by atoms with Crippen LogP contribution in [0.3, 0.4) is 0 Å². The first kappa shape index (κ1) is 19.3. The Hall–Kier alpha value is -2.45. The predicted molar refractivity (Wildman–Crippen MR) is 100 cm³/mol. The minimum Gasteiger partial charge on any atom is -0.478 e. The van der Waals surface area contributed by atoms with Crippen LogP contribution < -0.4 is 9.62 Å². The fourth-order valence-corrected chi connectivity index (χ4v) is 4.60. The van der Waals surface area contributed by atoms with E-state index in [9.17, 15) is 17.6 Å². The molecule has 27 heavy (non-hydrogen) atoms. The van der Waals surface area contributed by atoms with Crippen molar-refractivity contribution in [3.8, 4) is 0 Å². The SMILES string of the molecule is Cc1ccc(C(=O)O)cc1S(=O)(=O)NCC1CCN(c2ccc(F)cc2)C1. The lowest BCUT2D eigenvalue weighted by molar-refractivity contribution is 0.0696. The van der Waals surface area contributed by atoms with Crippen molar-refractivity contribution in [3.63, 3.8) is 0 Å².